The van der Waals surface area contributed by atoms with Crippen molar-refractivity contribution < 1.29 is 18.4 Å². The standard InChI is InChI=1S/C25H32F2N4O2/c1-2-12-28-22(32)21(16-25(26,27)15-19-6-4-3-5-7-19)29-23(33)31-17-24(18-31)10-13-30(14-11-24)20-8-9-20/h1,3-7,20-21H,8-18H2,(H,28,32)(H,29,33)/t21-/m0/s1. The summed E-state index contributed by atoms with van der Waals surface area (Å²) in [5.74, 6) is -1.60. The lowest BCUT2D eigenvalue weighted by Gasteiger charge is -2.54. The Bertz CT molecular complexity index is 881. The summed E-state index contributed by atoms with van der Waals surface area (Å²) in [5, 5.41) is 4.97. The van der Waals surface area contributed by atoms with E-state index in [2.05, 4.69) is 21.5 Å². The molecule has 6 nitrogen and oxygen atoms in total. The number of rotatable bonds is 8. The van der Waals surface area contributed by atoms with Crippen molar-refractivity contribution in [1.82, 2.24) is 20.4 Å². The number of benzene rings is 1. The number of nitrogens with one attached hydrogen (secondary N) is 2. The molecule has 3 fully saturated rings. The fourth-order valence-electron chi connectivity index (χ4n) is 5.00. The van der Waals surface area contributed by atoms with Gasteiger partial charge in [0.1, 0.15) is 6.04 Å². The molecule has 0 bridgehead atoms. The van der Waals surface area contributed by atoms with Crippen molar-refractivity contribution in [3.63, 3.8) is 0 Å². The second kappa shape index (κ2) is 9.68. The van der Waals surface area contributed by atoms with Gasteiger partial charge < -0.3 is 20.4 Å². The largest absolute Gasteiger partial charge is 0.343 e. The molecule has 1 spiro atoms. The number of terminal acetylenes is 1. The molecule has 8 heteroatoms. The van der Waals surface area contributed by atoms with Crippen LogP contribution in [0.3, 0.4) is 0 Å². The SMILES string of the molecule is C#CCNC(=O)[C@H](CC(F)(F)Cc1ccccc1)NC(=O)N1CC2(CCN(C3CC3)CC2)C1. The minimum Gasteiger partial charge on any atom is -0.343 e. The van der Waals surface area contributed by atoms with Crippen molar-refractivity contribution in [3.8, 4) is 12.3 Å². The van der Waals surface area contributed by atoms with Gasteiger partial charge in [-0.1, -0.05) is 36.3 Å². The average Bonchev–Trinajstić information content (AvgIpc) is 3.61. The van der Waals surface area contributed by atoms with E-state index < -0.39 is 36.7 Å². The van der Waals surface area contributed by atoms with E-state index in [0.717, 1.165) is 32.0 Å². The summed E-state index contributed by atoms with van der Waals surface area (Å²) in [6.45, 7) is 3.25. The molecule has 2 N–H and O–H groups in total. The quantitative estimate of drug-likeness (QED) is 0.589. The van der Waals surface area contributed by atoms with E-state index >= 15 is 0 Å². The third-order valence-corrected chi connectivity index (χ3v) is 7.05. The molecule has 3 amide bonds. The Labute approximate surface area is 194 Å². The van der Waals surface area contributed by atoms with E-state index in [0.29, 0.717) is 18.7 Å². The molecule has 1 aromatic carbocycles. The zero-order valence-electron chi connectivity index (χ0n) is 18.9. The van der Waals surface area contributed by atoms with Crippen molar-refractivity contribution in [2.24, 2.45) is 5.41 Å². The summed E-state index contributed by atoms with van der Waals surface area (Å²) in [4.78, 5) is 29.5. The number of likely N-dealkylation sites (tertiary alicyclic amines) is 2. The Kier molecular flexibility index (Phi) is 6.89. The first-order valence-corrected chi connectivity index (χ1v) is 11.7. The predicted octanol–water partition coefficient (Wildman–Crippen LogP) is 2.64. The lowest BCUT2D eigenvalue weighted by Crippen LogP contribution is -2.65. The number of nitrogens with zero attached hydrogens (tertiary/aromatic N) is 2. The summed E-state index contributed by atoms with van der Waals surface area (Å²) in [5.41, 5.74) is 0.597. The van der Waals surface area contributed by atoms with Crippen LogP contribution in [0.4, 0.5) is 13.6 Å². The van der Waals surface area contributed by atoms with E-state index in [1.54, 1.807) is 35.2 Å². The Hall–Kier alpha value is -2.66. The van der Waals surface area contributed by atoms with Crippen molar-refractivity contribution in [1.29, 1.82) is 0 Å². The predicted molar refractivity (Wildman–Crippen MR) is 122 cm³/mol. The van der Waals surface area contributed by atoms with Crippen LogP contribution in [-0.4, -0.2) is 72.5 Å². The van der Waals surface area contributed by atoms with Crippen LogP contribution in [0.25, 0.3) is 0 Å². The highest BCUT2D eigenvalue weighted by Crippen LogP contribution is 2.42. The van der Waals surface area contributed by atoms with Crippen LogP contribution in [-0.2, 0) is 11.2 Å². The second-order valence-electron chi connectivity index (χ2n) is 9.77. The Morgan fingerprint density at radius 1 is 1.18 bits per heavy atom. The molecular formula is C25H32F2N4O2. The molecule has 178 valence electrons. The third kappa shape index (κ3) is 6.02. The molecule has 1 saturated carbocycles. The number of hydrogen-bond acceptors (Lipinski definition) is 3. The van der Waals surface area contributed by atoms with Crippen molar-refractivity contribution in [3.05, 3.63) is 35.9 Å². The molecule has 2 heterocycles. The highest BCUT2D eigenvalue weighted by Gasteiger charge is 2.48. The summed E-state index contributed by atoms with van der Waals surface area (Å²) >= 11 is 0. The van der Waals surface area contributed by atoms with Gasteiger partial charge in [-0.3, -0.25) is 4.79 Å². The molecule has 3 aliphatic rings. The van der Waals surface area contributed by atoms with E-state index in [4.69, 9.17) is 6.42 Å². The molecule has 4 rings (SSSR count). The lowest BCUT2D eigenvalue weighted by atomic mass is 9.72. The lowest BCUT2D eigenvalue weighted by molar-refractivity contribution is -0.125. The Morgan fingerprint density at radius 2 is 1.85 bits per heavy atom. The first-order chi connectivity index (χ1) is 15.8. The van der Waals surface area contributed by atoms with E-state index in [-0.39, 0.29) is 12.0 Å². The number of hydrogen-bond donors (Lipinski definition) is 2. The maximum Gasteiger partial charge on any atom is 0.318 e. The Balaban J connectivity index is 1.32. The molecule has 0 radical (unpaired) electrons. The maximum absolute atomic E-state index is 14.8. The van der Waals surface area contributed by atoms with Crippen LogP contribution in [0.1, 0.15) is 37.7 Å². The van der Waals surface area contributed by atoms with Crippen molar-refractivity contribution in [2.45, 2.75) is 56.5 Å². The van der Waals surface area contributed by atoms with Crippen molar-refractivity contribution in [2.75, 3.05) is 32.7 Å². The van der Waals surface area contributed by atoms with Crippen LogP contribution < -0.4 is 10.6 Å². The molecular weight excluding hydrogens is 426 g/mol. The van der Waals surface area contributed by atoms with Gasteiger partial charge >= 0.3 is 6.03 Å². The zero-order valence-corrected chi connectivity index (χ0v) is 18.9. The van der Waals surface area contributed by atoms with Crippen LogP contribution in [0.2, 0.25) is 0 Å². The van der Waals surface area contributed by atoms with Crippen LogP contribution >= 0.6 is 0 Å². The van der Waals surface area contributed by atoms with Gasteiger partial charge in [-0.25, -0.2) is 13.6 Å². The normalized spacial score (nSPS) is 21.1. The second-order valence-corrected chi connectivity index (χ2v) is 9.77. The fraction of sp³-hybridized carbons (Fsp3) is 0.600. The minimum absolute atomic E-state index is 0.0836. The summed E-state index contributed by atoms with van der Waals surface area (Å²) in [6.07, 6.45) is 8.57. The smallest absolute Gasteiger partial charge is 0.318 e. The summed E-state index contributed by atoms with van der Waals surface area (Å²) in [7, 11) is 0. The highest BCUT2D eigenvalue weighted by atomic mass is 19.3. The van der Waals surface area contributed by atoms with Gasteiger partial charge in [-0.05, 0) is 44.3 Å². The molecule has 1 aromatic rings. The first-order valence-electron chi connectivity index (χ1n) is 11.7. The minimum atomic E-state index is -3.17. The van der Waals surface area contributed by atoms with Crippen LogP contribution in [0.5, 0.6) is 0 Å². The Morgan fingerprint density at radius 3 is 2.45 bits per heavy atom. The van der Waals surface area contributed by atoms with Gasteiger partial charge in [0, 0.05) is 37.4 Å². The van der Waals surface area contributed by atoms with Gasteiger partial charge in [0.15, 0.2) is 0 Å². The molecule has 33 heavy (non-hydrogen) atoms. The third-order valence-electron chi connectivity index (χ3n) is 7.05. The van der Waals surface area contributed by atoms with Gasteiger partial charge in [0.05, 0.1) is 6.54 Å². The molecule has 2 saturated heterocycles. The fourth-order valence-corrected chi connectivity index (χ4v) is 5.00. The molecule has 1 atom stereocenters. The van der Waals surface area contributed by atoms with Crippen LogP contribution in [0, 0.1) is 17.8 Å². The summed E-state index contributed by atoms with van der Waals surface area (Å²) in [6, 6.07) is 7.30. The maximum atomic E-state index is 14.8. The number of piperidine rings is 1. The number of carbonyl (C=O) groups is 2. The molecule has 0 aromatic heterocycles. The van der Waals surface area contributed by atoms with Gasteiger partial charge in [0.2, 0.25) is 5.91 Å². The van der Waals surface area contributed by atoms with Gasteiger partial charge in [-0.2, -0.15) is 0 Å². The monoisotopic (exact) mass is 458 g/mol. The number of amides is 3. The van der Waals surface area contributed by atoms with Gasteiger partial charge in [0.25, 0.3) is 5.92 Å². The van der Waals surface area contributed by atoms with Gasteiger partial charge in [-0.15, -0.1) is 6.42 Å². The molecule has 1 aliphatic carbocycles. The number of alkyl halides is 2. The molecule has 2 aliphatic heterocycles. The van der Waals surface area contributed by atoms with Crippen molar-refractivity contribution >= 4 is 11.9 Å². The van der Waals surface area contributed by atoms with E-state index in [1.807, 2.05) is 0 Å². The first kappa shape index (κ1) is 23.5. The van der Waals surface area contributed by atoms with Crippen LogP contribution in [0.15, 0.2) is 30.3 Å². The number of urea groups is 1. The summed E-state index contributed by atoms with van der Waals surface area (Å²) < 4.78 is 29.6. The average molecular weight is 459 g/mol. The highest BCUT2D eigenvalue weighted by molar-refractivity contribution is 5.87. The number of halogens is 2. The van der Waals surface area contributed by atoms with E-state index in [1.165, 1.54) is 12.8 Å². The van der Waals surface area contributed by atoms with E-state index in [9.17, 15) is 18.4 Å². The topological polar surface area (TPSA) is 64.7 Å². The number of carbonyl (C=O) groups excluding carboxylic acids is 2. The molecule has 0 unspecified atom stereocenters. The zero-order chi connectivity index (χ0) is 23.5.